The van der Waals surface area contributed by atoms with Crippen LogP contribution in [0.1, 0.15) is 24.8 Å². The Balaban J connectivity index is 1.96. The zero-order valence-electron chi connectivity index (χ0n) is 16.0. The molecule has 1 N–H and O–H groups in total. The van der Waals surface area contributed by atoms with Gasteiger partial charge in [0.2, 0.25) is 10.0 Å². The molecule has 2 aromatic rings. The largest absolute Gasteiger partial charge is 0.504 e. The van der Waals surface area contributed by atoms with E-state index in [4.69, 9.17) is 9.47 Å². The van der Waals surface area contributed by atoms with Gasteiger partial charge in [-0.25, -0.2) is 8.42 Å². The van der Waals surface area contributed by atoms with Gasteiger partial charge in [-0.15, -0.1) is 0 Å². The molecule has 1 heterocycles. The van der Waals surface area contributed by atoms with Gasteiger partial charge in [0.15, 0.2) is 11.5 Å². The molecule has 28 heavy (non-hydrogen) atoms. The molecule has 0 spiro atoms. The van der Waals surface area contributed by atoms with Crippen LogP contribution >= 0.6 is 0 Å². The Kier molecular flexibility index (Phi) is 6.21. The first kappa shape index (κ1) is 20.2. The van der Waals surface area contributed by atoms with Gasteiger partial charge in [0.05, 0.1) is 19.1 Å². The highest BCUT2D eigenvalue weighted by Crippen LogP contribution is 2.33. The fourth-order valence-electron chi connectivity index (χ4n) is 3.13. The highest BCUT2D eigenvalue weighted by atomic mass is 32.2. The smallest absolute Gasteiger partial charge is 0.243 e. The number of benzene rings is 2. The van der Waals surface area contributed by atoms with Crippen molar-refractivity contribution in [3.05, 3.63) is 42.0 Å². The third-order valence-corrected chi connectivity index (χ3v) is 6.59. The quantitative estimate of drug-likeness (QED) is 0.746. The Labute approximate surface area is 165 Å². The lowest BCUT2D eigenvalue weighted by Gasteiger charge is -2.26. The number of para-hydroxylation sites is 1. The van der Waals surface area contributed by atoms with E-state index in [9.17, 15) is 13.5 Å². The lowest BCUT2D eigenvalue weighted by molar-refractivity contribution is 0.346. The van der Waals surface area contributed by atoms with E-state index < -0.39 is 10.0 Å². The third kappa shape index (κ3) is 4.13. The van der Waals surface area contributed by atoms with Gasteiger partial charge >= 0.3 is 0 Å². The molecule has 0 aromatic heterocycles. The van der Waals surface area contributed by atoms with Crippen LogP contribution in [0, 0.1) is 0 Å². The highest BCUT2D eigenvalue weighted by Gasteiger charge is 2.26. The number of nitrogens with zero attached hydrogens (tertiary/aromatic N) is 2. The molecule has 0 aliphatic carbocycles. The van der Waals surface area contributed by atoms with Crippen molar-refractivity contribution in [2.75, 3.05) is 27.3 Å². The molecule has 0 amide bonds. The van der Waals surface area contributed by atoms with Crippen molar-refractivity contribution in [3.63, 3.8) is 0 Å². The average Bonchev–Trinajstić information content (AvgIpc) is 2.73. The summed E-state index contributed by atoms with van der Waals surface area (Å²) >= 11 is 0. The average molecular weight is 404 g/mol. The van der Waals surface area contributed by atoms with Crippen molar-refractivity contribution in [2.24, 2.45) is 4.99 Å². The Hall–Kier alpha value is -2.58. The van der Waals surface area contributed by atoms with Crippen LogP contribution in [0.2, 0.25) is 0 Å². The van der Waals surface area contributed by atoms with E-state index in [0.29, 0.717) is 35.8 Å². The predicted molar refractivity (Wildman–Crippen MR) is 108 cm³/mol. The van der Waals surface area contributed by atoms with E-state index in [0.717, 1.165) is 19.3 Å². The number of hydrogen-bond donors (Lipinski definition) is 1. The summed E-state index contributed by atoms with van der Waals surface area (Å²) in [4.78, 5) is 4.53. The van der Waals surface area contributed by atoms with Crippen LogP contribution < -0.4 is 9.47 Å². The Morgan fingerprint density at radius 2 is 1.75 bits per heavy atom. The molecule has 1 aliphatic heterocycles. The summed E-state index contributed by atoms with van der Waals surface area (Å²) in [7, 11) is -0.614. The number of methoxy groups -OCH3 is 2. The number of sulfonamides is 1. The summed E-state index contributed by atoms with van der Waals surface area (Å²) in [6.45, 7) is 1.06. The van der Waals surface area contributed by atoms with Crippen LogP contribution in [0.25, 0.3) is 0 Å². The van der Waals surface area contributed by atoms with Crippen LogP contribution in [0.4, 0.5) is 5.69 Å². The van der Waals surface area contributed by atoms with Crippen LogP contribution in [0.5, 0.6) is 17.2 Å². The van der Waals surface area contributed by atoms with Gasteiger partial charge < -0.3 is 14.6 Å². The zero-order valence-corrected chi connectivity index (χ0v) is 16.8. The molecule has 0 unspecified atom stereocenters. The maximum atomic E-state index is 12.9. The SMILES string of the molecule is COc1ccc(S(=O)(=O)N2CCCCC2)cc1N=Cc1cccc(OC)c1O. The maximum absolute atomic E-state index is 12.9. The van der Waals surface area contributed by atoms with Gasteiger partial charge in [-0.3, -0.25) is 4.99 Å². The summed E-state index contributed by atoms with van der Waals surface area (Å²) in [5.41, 5.74) is 0.813. The first-order valence-electron chi connectivity index (χ1n) is 9.05. The van der Waals surface area contributed by atoms with E-state index in [-0.39, 0.29) is 10.6 Å². The molecule has 0 bridgehead atoms. The van der Waals surface area contributed by atoms with Crippen molar-refractivity contribution in [1.29, 1.82) is 0 Å². The lowest BCUT2D eigenvalue weighted by atomic mass is 10.2. The van der Waals surface area contributed by atoms with Crippen LogP contribution in [-0.2, 0) is 10.0 Å². The first-order valence-corrected chi connectivity index (χ1v) is 10.5. The monoisotopic (exact) mass is 404 g/mol. The number of phenols is 1. The number of aromatic hydroxyl groups is 1. The predicted octanol–water partition coefficient (Wildman–Crippen LogP) is 3.33. The number of phenolic OH excluding ortho intramolecular Hbond substituents is 1. The van der Waals surface area contributed by atoms with Gasteiger partial charge in [0.1, 0.15) is 11.4 Å². The fourth-order valence-corrected chi connectivity index (χ4v) is 4.67. The molecule has 0 saturated carbocycles. The minimum absolute atomic E-state index is 0.0372. The van der Waals surface area contributed by atoms with Gasteiger partial charge in [-0.05, 0) is 43.2 Å². The van der Waals surface area contributed by atoms with Crippen molar-refractivity contribution >= 4 is 21.9 Å². The van der Waals surface area contributed by atoms with E-state index in [1.807, 2.05) is 0 Å². The minimum Gasteiger partial charge on any atom is -0.504 e. The number of hydrogen-bond acceptors (Lipinski definition) is 6. The molecule has 1 aliphatic rings. The normalized spacial score (nSPS) is 15.6. The van der Waals surface area contributed by atoms with Crippen molar-refractivity contribution in [3.8, 4) is 17.2 Å². The van der Waals surface area contributed by atoms with Crippen molar-refractivity contribution in [1.82, 2.24) is 4.31 Å². The summed E-state index contributed by atoms with van der Waals surface area (Å²) in [6, 6.07) is 9.67. The third-order valence-electron chi connectivity index (χ3n) is 4.70. The summed E-state index contributed by atoms with van der Waals surface area (Å²) in [6.07, 6.45) is 4.24. The standard InChI is InChI=1S/C20H24N2O5S/c1-26-18-10-9-16(28(24,25)22-11-4-3-5-12-22)13-17(18)21-14-15-7-6-8-19(27-2)20(15)23/h6-10,13-14,23H,3-5,11-12H2,1-2H3. The van der Waals surface area contributed by atoms with Gasteiger partial charge in [0, 0.05) is 24.9 Å². The Bertz CT molecular complexity index is 967. The number of ether oxygens (including phenoxy) is 2. The molecule has 0 atom stereocenters. The van der Waals surface area contributed by atoms with Crippen LogP contribution in [0.3, 0.4) is 0 Å². The maximum Gasteiger partial charge on any atom is 0.243 e. The second-order valence-electron chi connectivity index (χ2n) is 6.45. The Morgan fingerprint density at radius 1 is 1.04 bits per heavy atom. The number of aliphatic imine (C=N–C) groups is 1. The second kappa shape index (κ2) is 8.62. The van der Waals surface area contributed by atoms with E-state index in [1.54, 1.807) is 24.3 Å². The molecule has 3 rings (SSSR count). The highest BCUT2D eigenvalue weighted by molar-refractivity contribution is 7.89. The summed E-state index contributed by atoms with van der Waals surface area (Å²) < 4.78 is 37.8. The lowest BCUT2D eigenvalue weighted by Crippen LogP contribution is -2.35. The summed E-state index contributed by atoms with van der Waals surface area (Å²) in [5, 5.41) is 10.2. The second-order valence-corrected chi connectivity index (χ2v) is 8.39. The fraction of sp³-hybridized carbons (Fsp3) is 0.350. The van der Waals surface area contributed by atoms with Gasteiger partial charge in [0.25, 0.3) is 0 Å². The molecular weight excluding hydrogens is 380 g/mol. The van der Waals surface area contributed by atoms with Crippen molar-refractivity contribution < 1.29 is 23.0 Å². The molecule has 1 fully saturated rings. The van der Waals surface area contributed by atoms with Crippen molar-refractivity contribution in [2.45, 2.75) is 24.2 Å². The van der Waals surface area contributed by atoms with E-state index in [2.05, 4.69) is 4.99 Å². The molecular formula is C20H24N2O5S. The molecule has 7 nitrogen and oxygen atoms in total. The van der Waals surface area contributed by atoms with Crippen LogP contribution in [0.15, 0.2) is 46.3 Å². The van der Waals surface area contributed by atoms with E-state index in [1.165, 1.54) is 36.9 Å². The minimum atomic E-state index is -3.58. The van der Waals surface area contributed by atoms with Crippen LogP contribution in [-0.4, -0.2) is 51.4 Å². The molecule has 8 heteroatoms. The summed E-state index contributed by atoms with van der Waals surface area (Å²) in [5.74, 6) is 0.735. The molecule has 2 aromatic carbocycles. The zero-order chi connectivity index (χ0) is 20.1. The topological polar surface area (TPSA) is 88.4 Å². The molecule has 1 saturated heterocycles. The number of piperidine rings is 1. The molecule has 150 valence electrons. The Morgan fingerprint density at radius 3 is 2.43 bits per heavy atom. The van der Waals surface area contributed by atoms with Gasteiger partial charge in [-0.1, -0.05) is 12.5 Å². The first-order chi connectivity index (χ1) is 13.5. The van der Waals surface area contributed by atoms with E-state index >= 15 is 0 Å². The molecule has 0 radical (unpaired) electrons. The van der Waals surface area contributed by atoms with Gasteiger partial charge in [-0.2, -0.15) is 4.31 Å². The number of rotatable bonds is 6.